The Bertz CT molecular complexity index is 1040. The molecule has 1 N–H and O–H groups in total. The Morgan fingerprint density at radius 3 is 2.73 bits per heavy atom. The number of hydrogen-bond donors (Lipinski definition) is 1. The molecule has 0 aliphatic rings. The highest BCUT2D eigenvalue weighted by molar-refractivity contribution is 7.99. The monoisotopic (exact) mass is 444 g/mol. The minimum Gasteiger partial charge on any atom is -0.485 e. The third-order valence-electron chi connectivity index (χ3n) is 4.39. The van der Waals surface area contributed by atoms with Gasteiger partial charge in [0.1, 0.15) is 12.4 Å². The fourth-order valence-corrected chi connectivity index (χ4v) is 4.00. The molecule has 0 aliphatic carbocycles. The Labute approximate surface area is 186 Å². The first-order valence-corrected chi connectivity index (χ1v) is 11.0. The van der Waals surface area contributed by atoms with E-state index in [-0.39, 0.29) is 17.7 Å². The Morgan fingerprint density at radius 1 is 1.20 bits per heavy atom. The van der Waals surface area contributed by atoms with Crippen LogP contribution in [-0.2, 0) is 11.4 Å². The van der Waals surface area contributed by atoms with Crippen LogP contribution in [-0.4, -0.2) is 26.4 Å². The highest BCUT2D eigenvalue weighted by Crippen LogP contribution is 2.25. The first-order chi connectivity index (χ1) is 14.3. The maximum atomic E-state index is 12.3. The minimum atomic E-state index is -0.131. The topological polar surface area (TPSA) is 69.0 Å². The summed E-state index contributed by atoms with van der Waals surface area (Å²) >= 11 is 7.31. The van der Waals surface area contributed by atoms with Crippen molar-refractivity contribution in [1.29, 1.82) is 0 Å². The van der Waals surface area contributed by atoms with Gasteiger partial charge in [-0.05, 0) is 63.1 Å². The molecule has 3 aromatic rings. The summed E-state index contributed by atoms with van der Waals surface area (Å²) in [5, 5.41) is 12.7. The summed E-state index contributed by atoms with van der Waals surface area (Å²) in [5.41, 5.74) is 2.88. The number of carbonyl (C=O) groups excluding carboxylic acids is 1. The number of anilines is 1. The van der Waals surface area contributed by atoms with Gasteiger partial charge >= 0.3 is 0 Å². The molecule has 158 valence electrons. The number of hydrogen-bond acceptors (Lipinski definition) is 5. The van der Waals surface area contributed by atoms with E-state index in [9.17, 15) is 4.79 Å². The fraction of sp³-hybridized carbons (Fsp3) is 0.318. The van der Waals surface area contributed by atoms with Crippen molar-refractivity contribution < 1.29 is 9.53 Å². The van der Waals surface area contributed by atoms with Gasteiger partial charge in [-0.1, -0.05) is 41.6 Å². The minimum absolute atomic E-state index is 0.131. The average molecular weight is 445 g/mol. The second-order valence-electron chi connectivity index (χ2n) is 7.27. The summed E-state index contributed by atoms with van der Waals surface area (Å²) in [6, 6.07) is 13.3. The lowest BCUT2D eigenvalue weighted by Crippen LogP contribution is -2.15. The average Bonchev–Trinajstić information content (AvgIpc) is 3.10. The normalized spacial score (nSPS) is 11.0. The SMILES string of the molecule is Cc1ccc(C)c(OCc2nnc(SCC(=O)Nc3cccc(Cl)c3)n2C(C)C)c1. The van der Waals surface area contributed by atoms with Crippen molar-refractivity contribution in [1.82, 2.24) is 14.8 Å². The van der Waals surface area contributed by atoms with Crippen molar-refractivity contribution in [2.45, 2.75) is 45.5 Å². The maximum Gasteiger partial charge on any atom is 0.234 e. The number of aromatic nitrogens is 3. The molecule has 0 bridgehead atoms. The van der Waals surface area contributed by atoms with Gasteiger partial charge in [0.25, 0.3) is 0 Å². The molecule has 6 nitrogen and oxygen atoms in total. The van der Waals surface area contributed by atoms with E-state index in [1.54, 1.807) is 24.3 Å². The van der Waals surface area contributed by atoms with Gasteiger partial charge in [-0.15, -0.1) is 10.2 Å². The van der Waals surface area contributed by atoms with Crippen molar-refractivity contribution in [3.63, 3.8) is 0 Å². The van der Waals surface area contributed by atoms with E-state index in [2.05, 4.69) is 35.4 Å². The molecular weight excluding hydrogens is 420 g/mol. The second-order valence-corrected chi connectivity index (χ2v) is 8.65. The van der Waals surface area contributed by atoms with E-state index in [1.165, 1.54) is 11.8 Å². The van der Waals surface area contributed by atoms with Gasteiger partial charge in [0, 0.05) is 16.8 Å². The molecule has 3 rings (SSSR count). The zero-order valence-corrected chi connectivity index (χ0v) is 19.0. The molecule has 8 heteroatoms. The van der Waals surface area contributed by atoms with E-state index < -0.39 is 0 Å². The van der Waals surface area contributed by atoms with Crippen LogP contribution < -0.4 is 10.1 Å². The number of amides is 1. The molecule has 0 fully saturated rings. The van der Waals surface area contributed by atoms with Crippen LogP contribution in [0.3, 0.4) is 0 Å². The van der Waals surface area contributed by atoms with E-state index in [0.717, 1.165) is 22.7 Å². The van der Waals surface area contributed by atoms with Crippen molar-refractivity contribution in [3.8, 4) is 5.75 Å². The van der Waals surface area contributed by atoms with Crippen LogP contribution in [0.25, 0.3) is 0 Å². The van der Waals surface area contributed by atoms with Gasteiger partial charge < -0.3 is 14.6 Å². The van der Waals surface area contributed by atoms with Gasteiger partial charge in [-0.3, -0.25) is 4.79 Å². The van der Waals surface area contributed by atoms with Crippen LogP contribution >= 0.6 is 23.4 Å². The number of nitrogens with one attached hydrogen (secondary N) is 1. The smallest absolute Gasteiger partial charge is 0.234 e. The van der Waals surface area contributed by atoms with Crippen molar-refractivity contribution in [2.75, 3.05) is 11.1 Å². The number of halogens is 1. The fourth-order valence-electron chi connectivity index (χ4n) is 2.92. The predicted molar refractivity (Wildman–Crippen MR) is 121 cm³/mol. The second kappa shape index (κ2) is 10.00. The van der Waals surface area contributed by atoms with Crippen LogP contribution in [0.4, 0.5) is 5.69 Å². The van der Waals surface area contributed by atoms with Crippen LogP contribution in [0.5, 0.6) is 5.75 Å². The molecule has 0 unspecified atom stereocenters. The van der Waals surface area contributed by atoms with Crippen LogP contribution in [0.15, 0.2) is 47.6 Å². The van der Waals surface area contributed by atoms with Gasteiger partial charge in [0.05, 0.1) is 5.75 Å². The van der Waals surface area contributed by atoms with E-state index in [1.807, 2.05) is 30.5 Å². The Balaban J connectivity index is 1.65. The zero-order chi connectivity index (χ0) is 21.7. The van der Waals surface area contributed by atoms with Gasteiger partial charge in [-0.25, -0.2) is 0 Å². The molecule has 1 heterocycles. The number of benzene rings is 2. The maximum absolute atomic E-state index is 12.3. The predicted octanol–water partition coefficient (Wildman–Crippen LogP) is 5.44. The van der Waals surface area contributed by atoms with Gasteiger partial charge in [0.15, 0.2) is 11.0 Å². The summed E-state index contributed by atoms with van der Waals surface area (Å²) in [7, 11) is 0. The van der Waals surface area contributed by atoms with Gasteiger partial charge in [0.2, 0.25) is 5.91 Å². The van der Waals surface area contributed by atoms with Crippen molar-refractivity contribution in [3.05, 3.63) is 64.4 Å². The number of carbonyl (C=O) groups is 1. The third-order valence-corrected chi connectivity index (χ3v) is 5.57. The first kappa shape index (κ1) is 22.2. The molecule has 30 heavy (non-hydrogen) atoms. The zero-order valence-electron chi connectivity index (χ0n) is 17.5. The quantitative estimate of drug-likeness (QED) is 0.468. The molecule has 0 atom stereocenters. The van der Waals surface area contributed by atoms with E-state index in [4.69, 9.17) is 16.3 Å². The Hall–Kier alpha value is -2.51. The molecule has 0 spiro atoms. The number of rotatable bonds is 8. The van der Waals surface area contributed by atoms with E-state index in [0.29, 0.717) is 22.5 Å². The Morgan fingerprint density at radius 2 is 2.00 bits per heavy atom. The molecule has 0 saturated heterocycles. The third kappa shape index (κ3) is 5.77. The Kier molecular flexibility index (Phi) is 7.39. The molecular formula is C22H25ClN4O2S. The summed E-state index contributed by atoms with van der Waals surface area (Å²) < 4.78 is 8.00. The summed E-state index contributed by atoms with van der Waals surface area (Å²) in [4.78, 5) is 12.3. The van der Waals surface area contributed by atoms with E-state index >= 15 is 0 Å². The molecule has 1 amide bonds. The summed E-state index contributed by atoms with van der Waals surface area (Å²) in [5.74, 6) is 1.65. The standard InChI is InChI=1S/C22H25ClN4O2S/c1-14(2)27-20(12-29-19-10-15(3)8-9-16(19)4)25-26-22(27)30-13-21(28)24-18-7-5-6-17(23)11-18/h5-11,14H,12-13H2,1-4H3,(H,24,28). The lowest BCUT2D eigenvalue weighted by atomic mass is 10.1. The van der Waals surface area contributed by atoms with Gasteiger partial charge in [-0.2, -0.15) is 0 Å². The molecule has 0 radical (unpaired) electrons. The molecule has 0 aliphatic heterocycles. The molecule has 0 saturated carbocycles. The number of thioether (sulfide) groups is 1. The highest BCUT2D eigenvalue weighted by Gasteiger charge is 2.17. The summed E-state index contributed by atoms with van der Waals surface area (Å²) in [6.45, 7) is 8.47. The van der Waals surface area contributed by atoms with Crippen LogP contribution in [0, 0.1) is 13.8 Å². The van der Waals surface area contributed by atoms with Crippen LogP contribution in [0.1, 0.15) is 36.8 Å². The molecule has 1 aromatic heterocycles. The lowest BCUT2D eigenvalue weighted by molar-refractivity contribution is -0.113. The number of ether oxygens (including phenoxy) is 1. The molecule has 2 aromatic carbocycles. The first-order valence-electron chi connectivity index (χ1n) is 9.65. The number of nitrogens with zero attached hydrogens (tertiary/aromatic N) is 3. The number of aryl methyl sites for hydroxylation is 2. The summed E-state index contributed by atoms with van der Waals surface area (Å²) in [6.07, 6.45) is 0. The van der Waals surface area contributed by atoms with Crippen molar-refractivity contribution >= 4 is 35.0 Å². The largest absolute Gasteiger partial charge is 0.485 e. The van der Waals surface area contributed by atoms with Crippen molar-refractivity contribution in [2.24, 2.45) is 0 Å². The van der Waals surface area contributed by atoms with Crippen LogP contribution in [0.2, 0.25) is 5.02 Å². The lowest BCUT2D eigenvalue weighted by Gasteiger charge is -2.15. The highest BCUT2D eigenvalue weighted by atomic mass is 35.5.